The molecular weight excluding hydrogens is 504 g/mol. The monoisotopic (exact) mass is 532 g/mol. The molecular formula is C30H29ClN2O5. The zero-order valence-electron chi connectivity index (χ0n) is 21.8. The molecule has 1 aliphatic rings. The number of hydrogen-bond donors (Lipinski definition) is 0. The molecule has 2 aromatic heterocycles. The molecule has 2 aromatic carbocycles. The predicted molar refractivity (Wildman–Crippen MR) is 148 cm³/mol. The van der Waals surface area contributed by atoms with Gasteiger partial charge >= 0.3 is 0 Å². The van der Waals surface area contributed by atoms with Crippen molar-refractivity contribution in [1.82, 2.24) is 4.98 Å². The number of nitrogens with zero attached hydrogens (tertiary/aromatic N) is 2. The Morgan fingerprint density at radius 3 is 2.53 bits per heavy atom. The molecule has 0 saturated heterocycles. The van der Waals surface area contributed by atoms with Crippen LogP contribution in [0.5, 0.6) is 11.5 Å². The van der Waals surface area contributed by atoms with Crippen LogP contribution >= 0.6 is 11.6 Å². The van der Waals surface area contributed by atoms with Crippen LogP contribution in [-0.4, -0.2) is 24.6 Å². The van der Waals surface area contributed by atoms with Crippen molar-refractivity contribution in [2.45, 2.75) is 46.1 Å². The van der Waals surface area contributed by atoms with E-state index < -0.39 is 11.9 Å². The van der Waals surface area contributed by atoms with Gasteiger partial charge in [-0.05, 0) is 73.4 Å². The molecule has 0 radical (unpaired) electrons. The van der Waals surface area contributed by atoms with Crippen LogP contribution in [0.4, 0.5) is 5.82 Å². The average Bonchev–Trinajstić information content (AvgIpc) is 3.20. The number of aryl methyl sites for hydroxylation is 2. The van der Waals surface area contributed by atoms with E-state index in [1.165, 1.54) is 11.1 Å². The summed E-state index contributed by atoms with van der Waals surface area (Å²) in [5, 5.41) is 0.866. The van der Waals surface area contributed by atoms with Crippen molar-refractivity contribution in [2.75, 3.05) is 18.6 Å². The van der Waals surface area contributed by atoms with E-state index in [-0.39, 0.29) is 16.8 Å². The van der Waals surface area contributed by atoms with Gasteiger partial charge in [0.05, 0.1) is 35.7 Å². The normalized spacial score (nSPS) is 14.7. The summed E-state index contributed by atoms with van der Waals surface area (Å²) in [5.41, 5.74) is 3.00. The number of carbonyl (C=O) groups excluding carboxylic acids is 1. The van der Waals surface area contributed by atoms with Gasteiger partial charge in [0.15, 0.2) is 16.9 Å². The molecule has 0 aliphatic carbocycles. The maximum absolute atomic E-state index is 13.9. The summed E-state index contributed by atoms with van der Waals surface area (Å²) in [4.78, 5) is 33.6. The first-order valence-corrected chi connectivity index (χ1v) is 13.1. The second-order valence-corrected chi connectivity index (χ2v) is 9.92. The molecule has 1 aliphatic heterocycles. The van der Waals surface area contributed by atoms with Gasteiger partial charge in [0.1, 0.15) is 11.4 Å². The third-order valence-corrected chi connectivity index (χ3v) is 7.18. The highest BCUT2D eigenvalue weighted by Gasteiger charge is 2.44. The summed E-state index contributed by atoms with van der Waals surface area (Å²) in [6, 6.07) is 11.6. The number of aromatic nitrogens is 1. The van der Waals surface area contributed by atoms with Crippen molar-refractivity contribution < 1.29 is 18.7 Å². The van der Waals surface area contributed by atoms with E-state index in [0.29, 0.717) is 45.5 Å². The number of hydrogen-bond acceptors (Lipinski definition) is 6. The maximum Gasteiger partial charge on any atom is 0.296 e. The number of methoxy groups -OCH3 is 1. The molecule has 0 N–H and O–H groups in total. The number of rotatable bonds is 8. The van der Waals surface area contributed by atoms with Gasteiger partial charge in [-0.15, -0.1) is 0 Å². The third kappa shape index (κ3) is 4.52. The molecule has 4 aromatic rings. The Labute approximate surface area is 226 Å². The van der Waals surface area contributed by atoms with E-state index in [0.717, 1.165) is 30.4 Å². The van der Waals surface area contributed by atoms with Gasteiger partial charge in [-0.25, -0.2) is 4.98 Å². The van der Waals surface area contributed by atoms with Gasteiger partial charge in [-0.3, -0.25) is 14.5 Å². The van der Waals surface area contributed by atoms with Gasteiger partial charge in [0, 0.05) is 6.20 Å². The Bertz CT molecular complexity index is 1580. The van der Waals surface area contributed by atoms with E-state index in [2.05, 4.69) is 11.9 Å². The smallest absolute Gasteiger partial charge is 0.296 e. The highest BCUT2D eigenvalue weighted by Crippen LogP contribution is 2.43. The zero-order valence-corrected chi connectivity index (χ0v) is 22.6. The summed E-state index contributed by atoms with van der Waals surface area (Å²) in [5.74, 6) is 1.03. The van der Waals surface area contributed by atoms with Crippen LogP contribution in [0.25, 0.3) is 11.0 Å². The highest BCUT2D eigenvalue weighted by atomic mass is 35.5. The van der Waals surface area contributed by atoms with Crippen molar-refractivity contribution >= 4 is 34.3 Å². The first-order valence-electron chi connectivity index (χ1n) is 12.7. The van der Waals surface area contributed by atoms with E-state index in [1.807, 2.05) is 32.0 Å². The Hall–Kier alpha value is -3.84. The van der Waals surface area contributed by atoms with E-state index in [9.17, 15) is 9.59 Å². The summed E-state index contributed by atoms with van der Waals surface area (Å²) in [6.07, 6.45) is 4.58. The first kappa shape index (κ1) is 25.8. The topological polar surface area (TPSA) is 81.9 Å². The second-order valence-electron chi connectivity index (χ2n) is 9.48. The number of benzene rings is 2. The minimum absolute atomic E-state index is 0.00589. The van der Waals surface area contributed by atoms with Crippen molar-refractivity contribution in [2.24, 2.45) is 0 Å². The van der Waals surface area contributed by atoms with Crippen LogP contribution in [0.1, 0.15) is 65.0 Å². The molecule has 3 heterocycles. The number of amides is 1. The third-order valence-electron chi connectivity index (χ3n) is 6.95. The molecule has 1 amide bonds. The van der Waals surface area contributed by atoms with Crippen LogP contribution in [0.3, 0.4) is 0 Å². The van der Waals surface area contributed by atoms with Gasteiger partial charge < -0.3 is 13.9 Å². The number of unbranched alkanes of at least 4 members (excludes halogenated alkanes) is 2. The van der Waals surface area contributed by atoms with Crippen LogP contribution in [0.15, 0.2) is 57.9 Å². The van der Waals surface area contributed by atoms with Crippen LogP contribution in [-0.2, 0) is 0 Å². The second kappa shape index (κ2) is 10.5. The Balaban J connectivity index is 1.68. The average molecular weight is 533 g/mol. The molecule has 0 saturated carbocycles. The van der Waals surface area contributed by atoms with Crippen molar-refractivity contribution in [1.29, 1.82) is 0 Å². The fourth-order valence-electron chi connectivity index (χ4n) is 4.80. The lowest BCUT2D eigenvalue weighted by Gasteiger charge is -2.25. The maximum atomic E-state index is 13.9. The number of anilines is 1. The molecule has 7 nitrogen and oxygen atoms in total. The summed E-state index contributed by atoms with van der Waals surface area (Å²) in [7, 11) is 1.57. The van der Waals surface area contributed by atoms with Gasteiger partial charge in [-0.2, -0.15) is 0 Å². The molecule has 0 bridgehead atoms. The molecule has 0 spiro atoms. The minimum atomic E-state index is -0.781. The van der Waals surface area contributed by atoms with Gasteiger partial charge in [0.25, 0.3) is 5.91 Å². The van der Waals surface area contributed by atoms with Crippen LogP contribution < -0.4 is 19.8 Å². The van der Waals surface area contributed by atoms with Gasteiger partial charge in [-0.1, -0.05) is 37.4 Å². The van der Waals surface area contributed by atoms with Crippen molar-refractivity contribution in [3.05, 3.63) is 91.9 Å². The van der Waals surface area contributed by atoms with Crippen LogP contribution in [0, 0.1) is 13.8 Å². The minimum Gasteiger partial charge on any atom is -0.493 e. The van der Waals surface area contributed by atoms with E-state index in [4.69, 9.17) is 25.5 Å². The molecule has 1 unspecified atom stereocenters. The fourth-order valence-corrected chi connectivity index (χ4v) is 4.91. The highest BCUT2D eigenvalue weighted by molar-refractivity contribution is 6.30. The standard InChI is InChI=1S/C30H29ClN2O5/c1-5-6-7-12-37-22-10-8-19(15-24(22)36-4)27-26-28(34)21-13-17(2)18(3)14-23(21)38-29(26)30(35)33(27)25-11-9-20(31)16-32-25/h8-11,13-16,27H,5-7,12H2,1-4H3. The largest absolute Gasteiger partial charge is 0.493 e. The molecule has 1 atom stereocenters. The zero-order chi connectivity index (χ0) is 27.0. The summed E-state index contributed by atoms with van der Waals surface area (Å²) < 4.78 is 17.7. The van der Waals surface area contributed by atoms with Gasteiger partial charge in [0.2, 0.25) is 5.76 Å². The first-order chi connectivity index (χ1) is 18.3. The molecule has 38 heavy (non-hydrogen) atoms. The number of fused-ring (bicyclic) bond motifs is 2. The lowest BCUT2D eigenvalue weighted by Crippen LogP contribution is -2.30. The number of carbonyl (C=O) groups is 1. The lowest BCUT2D eigenvalue weighted by molar-refractivity contribution is 0.0970. The fraction of sp³-hybridized carbons (Fsp3) is 0.300. The van der Waals surface area contributed by atoms with Crippen molar-refractivity contribution in [3.8, 4) is 11.5 Å². The number of halogens is 1. The molecule has 8 heteroatoms. The van der Waals surface area contributed by atoms with Crippen LogP contribution in [0.2, 0.25) is 5.02 Å². The molecule has 5 rings (SSSR count). The molecule has 196 valence electrons. The Kier molecular flexibility index (Phi) is 7.13. The van der Waals surface area contributed by atoms with Crippen molar-refractivity contribution in [3.63, 3.8) is 0 Å². The number of ether oxygens (including phenoxy) is 2. The predicted octanol–water partition coefficient (Wildman–Crippen LogP) is 6.79. The quantitative estimate of drug-likeness (QED) is 0.232. The summed E-state index contributed by atoms with van der Waals surface area (Å²) >= 11 is 6.08. The SMILES string of the molecule is CCCCCOc1ccc(C2c3c(oc4cc(C)c(C)cc4c3=O)C(=O)N2c2ccc(Cl)cn2)cc1OC. The van der Waals surface area contributed by atoms with E-state index in [1.54, 1.807) is 31.4 Å². The Morgan fingerprint density at radius 1 is 1.03 bits per heavy atom. The summed E-state index contributed by atoms with van der Waals surface area (Å²) in [6.45, 7) is 6.59. The lowest BCUT2D eigenvalue weighted by atomic mass is 9.97. The number of pyridine rings is 1. The van der Waals surface area contributed by atoms with E-state index >= 15 is 0 Å². The molecule has 0 fully saturated rings. The Morgan fingerprint density at radius 2 is 1.82 bits per heavy atom.